The third-order valence-electron chi connectivity index (χ3n) is 6.49. The molecule has 0 unspecified atom stereocenters. The number of allylic oxidation sites excluding steroid dienone is 1. The molecule has 40 heavy (non-hydrogen) atoms. The van der Waals surface area contributed by atoms with Crippen LogP contribution in [0.15, 0.2) is 59.4 Å². The first-order valence-corrected chi connectivity index (χ1v) is 13.6. The van der Waals surface area contributed by atoms with Gasteiger partial charge in [-0.15, -0.1) is 0 Å². The first-order valence-electron chi connectivity index (χ1n) is 13.2. The number of nitrogens with zero attached hydrogens (tertiary/aromatic N) is 4. The summed E-state index contributed by atoms with van der Waals surface area (Å²) >= 11 is 5.98. The lowest BCUT2D eigenvalue weighted by atomic mass is 10.1. The minimum atomic E-state index is -0.557. The number of carbonyl (C=O) groups is 1. The maximum atomic E-state index is 14.1. The maximum absolute atomic E-state index is 14.1. The molecule has 2 N–H and O–H groups in total. The second-order valence-corrected chi connectivity index (χ2v) is 11.2. The number of nitrogens with two attached hydrogens (primary N) is 1. The van der Waals surface area contributed by atoms with Gasteiger partial charge in [-0.1, -0.05) is 35.9 Å². The van der Waals surface area contributed by atoms with Gasteiger partial charge in [-0.2, -0.15) is 5.10 Å². The summed E-state index contributed by atoms with van der Waals surface area (Å²) in [6.07, 6.45) is 3.43. The van der Waals surface area contributed by atoms with E-state index >= 15 is 0 Å². The van der Waals surface area contributed by atoms with Gasteiger partial charge in [0.15, 0.2) is 0 Å². The number of piperazine rings is 1. The topological polar surface area (TPSA) is 93.7 Å². The Kier molecular flexibility index (Phi) is 9.40. The van der Waals surface area contributed by atoms with Crippen LogP contribution in [0.3, 0.4) is 0 Å². The van der Waals surface area contributed by atoms with Crippen molar-refractivity contribution >= 4 is 23.8 Å². The summed E-state index contributed by atoms with van der Waals surface area (Å²) in [6, 6.07) is 13.8. The van der Waals surface area contributed by atoms with E-state index in [0.29, 0.717) is 60.1 Å². The Labute approximate surface area is 238 Å². The van der Waals surface area contributed by atoms with Crippen molar-refractivity contribution in [1.29, 1.82) is 0 Å². The Morgan fingerprint density at radius 2 is 1.77 bits per heavy atom. The molecule has 0 saturated carbocycles. The standard InChI is InChI=1S/C30H35ClFN5O3/c1-30(2,3)40-29(39)36-15-13-35(14-16-36)20-24-18-27(22-8-11-26(32)23(17-22)19-33)34-37(28(24)38)12-4-5-21-6-9-25(31)10-7-21/h4-11,17-18H,12-16,19-20,33H2,1-3H3/b5-4+. The number of hydrogen-bond acceptors (Lipinski definition) is 6. The maximum Gasteiger partial charge on any atom is 0.410 e. The van der Waals surface area contributed by atoms with Crippen molar-refractivity contribution in [2.75, 3.05) is 26.2 Å². The fourth-order valence-corrected chi connectivity index (χ4v) is 4.51. The first kappa shape index (κ1) is 29.5. The number of halogens is 2. The van der Waals surface area contributed by atoms with Gasteiger partial charge in [0, 0.05) is 61.0 Å². The molecule has 8 nitrogen and oxygen atoms in total. The summed E-state index contributed by atoms with van der Waals surface area (Å²) in [6.45, 7) is 8.42. The summed E-state index contributed by atoms with van der Waals surface area (Å²) in [5, 5.41) is 5.25. The third-order valence-corrected chi connectivity index (χ3v) is 6.74. The van der Waals surface area contributed by atoms with E-state index in [1.165, 1.54) is 10.7 Å². The molecule has 0 bridgehead atoms. The van der Waals surface area contributed by atoms with Crippen LogP contribution in [-0.2, 0) is 24.4 Å². The van der Waals surface area contributed by atoms with Gasteiger partial charge >= 0.3 is 6.09 Å². The highest BCUT2D eigenvalue weighted by Crippen LogP contribution is 2.21. The highest BCUT2D eigenvalue weighted by atomic mass is 35.5. The van der Waals surface area contributed by atoms with Crippen molar-refractivity contribution in [3.8, 4) is 11.3 Å². The molecule has 2 heterocycles. The van der Waals surface area contributed by atoms with E-state index in [9.17, 15) is 14.0 Å². The minimum absolute atomic E-state index is 0.0535. The van der Waals surface area contributed by atoms with Gasteiger partial charge < -0.3 is 15.4 Å². The molecule has 0 atom stereocenters. The molecule has 1 amide bonds. The lowest BCUT2D eigenvalue weighted by Crippen LogP contribution is -2.50. The van der Waals surface area contributed by atoms with Crippen LogP contribution in [0.2, 0.25) is 5.02 Å². The summed E-state index contributed by atoms with van der Waals surface area (Å²) in [7, 11) is 0. The molecule has 1 saturated heterocycles. The minimum Gasteiger partial charge on any atom is -0.444 e. The van der Waals surface area contributed by atoms with Gasteiger partial charge in [0.05, 0.1) is 12.2 Å². The molecule has 1 aromatic heterocycles. The Morgan fingerprint density at radius 3 is 2.42 bits per heavy atom. The van der Waals surface area contributed by atoms with Crippen molar-refractivity contribution in [2.45, 2.75) is 46.0 Å². The molecule has 212 valence electrons. The fourth-order valence-electron chi connectivity index (χ4n) is 4.38. The smallest absolute Gasteiger partial charge is 0.410 e. The van der Waals surface area contributed by atoms with E-state index in [4.69, 9.17) is 22.1 Å². The lowest BCUT2D eigenvalue weighted by Gasteiger charge is -2.35. The largest absolute Gasteiger partial charge is 0.444 e. The number of carbonyl (C=O) groups excluding carboxylic acids is 1. The average Bonchev–Trinajstić information content (AvgIpc) is 2.91. The van der Waals surface area contributed by atoms with Crippen LogP contribution in [0.1, 0.15) is 37.5 Å². The first-order chi connectivity index (χ1) is 19.0. The summed E-state index contributed by atoms with van der Waals surface area (Å²) in [4.78, 5) is 29.7. The second-order valence-electron chi connectivity index (χ2n) is 10.7. The zero-order valence-corrected chi connectivity index (χ0v) is 23.8. The SMILES string of the molecule is CC(C)(C)OC(=O)N1CCN(Cc2cc(-c3ccc(F)c(CN)c3)nn(C/C=C/c3ccc(Cl)cc3)c2=O)CC1. The van der Waals surface area contributed by atoms with Gasteiger partial charge in [-0.3, -0.25) is 9.69 Å². The van der Waals surface area contributed by atoms with Crippen LogP contribution in [0, 0.1) is 5.82 Å². The Morgan fingerprint density at radius 1 is 1.07 bits per heavy atom. The van der Waals surface area contributed by atoms with Crippen molar-refractivity contribution in [1.82, 2.24) is 19.6 Å². The van der Waals surface area contributed by atoms with Gasteiger partial charge in [-0.25, -0.2) is 13.9 Å². The summed E-state index contributed by atoms with van der Waals surface area (Å²) < 4.78 is 21.0. The third kappa shape index (κ3) is 7.78. The number of amides is 1. The highest BCUT2D eigenvalue weighted by molar-refractivity contribution is 6.30. The summed E-state index contributed by atoms with van der Waals surface area (Å²) in [5.74, 6) is -0.381. The van der Waals surface area contributed by atoms with Crippen LogP contribution in [0.5, 0.6) is 0 Å². The van der Waals surface area contributed by atoms with Gasteiger partial charge in [-0.05, 0) is 62.7 Å². The number of rotatable bonds is 7. The molecule has 0 radical (unpaired) electrons. The quantitative estimate of drug-likeness (QED) is 0.435. The number of aromatic nitrogens is 2. The predicted octanol–water partition coefficient (Wildman–Crippen LogP) is 4.93. The second kappa shape index (κ2) is 12.8. The Bertz CT molecular complexity index is 1420. The van der Waals surface area contributed by atoms with Crippen LogP contribution in [0.4, 0.5) is 9.18 Å². The van der Waals surface area contributed by atoms with Crippen LogP contribution in [0.25, 0.3) is 17.3 Å². The van der Waals surface area contributed by atoms with Crippen LogP contribution in [-0.4, -0.2) is 57.5 Å². The van der Waals surface area contributed by atoms with Crippen molar-refractivity contribution in [3.63, 3.8) is 0 Å². The number of hydrogen-bond donors (Lipinski definition) is 1. The normalized spacial score (nSPS) is 14.6. The molecule has 1 aliphatic heterocycles. The zero-order valence-electron chi connectivity index (χ0n) is 23.1. The highest BCUT2D eigenvalue weighted by Gasteiger charge is 2.26. The molecule has 3 aromatic rings. The molecule has 4 rings (SSSR count). The molecule has 0 aliphatic carbocycles. The number of benzene rings is 2. The van der Waals surface area contributed by atoms with Crippen LogP contribution >= 0.6 is 11.6 Å². The zero-order chi connectivity index (χ0) is 28.9. The van der Waals surface area contributed by atoms with Crippen molar-refractivity contribution in [2.24, 2.45) is 5.73 Å². The van der Waals surface area contributed by atoms with Crippen molar-refractivity contribution < 1.29 is 13.9 Å². The average molecular weight is 568 g/mol. The Hall–Kier alpha value is -3.53. The van der Waals surface area contributed by atoms with Gasteiger partial charge in [0.2, 0.25) is 0 Å². The van der Waals surface area contributed by atoms with E-state index in [1.54, 1.807) is 35.2 Å². The molecule has 0 spiro atoms. The van der Waals surface area contributed by atoms with Gasteiger partial charge in [0.25, 0.3) is 5.56 Å². The molecule has 1 aliphatic rings. The predicted molar refractivity (Wildman–Crippen MR) is 155 cm³/mol. The molecule has 2 aromatic carbocycles. The van der Waals surface area contributed by atoms with E-state index in [-0.39, 0.29) is 30.6 Å². The molecular formula is C30H35ClFN5O3. The van der Waals surface area contributed by atoms with Crippen LogP contribution < -0.4 is 11.3 Å². The van der Waals surface area contributed by atoms with E-state index in [1.807, 2.05) is 45.1 Å². The molecule has 10 heteroatoms. The summed E-state index contributed by atoms with van der Waals surface area (Å²) in [5.41, 5.74) is 8.07. The fraction of sp³-hybridized carbons (Fsp3) is 0.367. The van der Waals surface area contributed by atoms with Gasteiger partial charge in [0.1, 0.15) is 11.4 Å². The van der Waals surface area contributed by atoms with E-state index < -0.39 is 5.60 Å². The van der Waals surface area contributed by atoms with Crippen molar-refractivity contribution in [3.05, 3.63) is 92.5 Å². The monoisotopic (exact) mass is 567 g/mol. The lowest BCUT2D eigenvalue weighted by molar-refractivity contribution is 0.0138. The molecular weight excluding hydrogens is 533 g/mol. The molecule has 1 fully saturated rings. The number of ether oxygens (including phenoxy) is 1. The Balaban J connectivity index is 1.57. The van der Waals surface area contributed by atoms with E-state index in [0.717, 1.165) is 5.56 Å². The van der Waals surface area contributed by atoms with E-state index in [2.05, 4.69) is 10.00 Å².